The Bertz CT molecular complexity index is 750. The van der Waals surface area contributed by atoms with Crippen molar-refractivity contribution in [3.8, 4) is 0 Å². The van der Waals surface area contributed by atoms with Crippen molar-refractivity contribution >= 4 is 27.7 Å². The number of carbonyl (C=O) groups is 1. The number of Topliss-reactive ketones (excluding diaryl/α,β-unsaturated/α-hetero) is 1. The van der Waals surface area contributed by atoms with Gasteiger partial charge in [0.1, 0.15) is 5.52 Å². The number of aryl methyl sites for hydroxylation is 1. The highest BCUT2D eigenvalue weighted by molar-refractivity contribution is 7.86. The Kier molecular flexibility index (Phi) is 3.40. The van der Waals surface area contributed by atoms with Gasteiger partial charge in [-0.2, -0.15) is 0 Å². The number of hydrogen-bond donors (Lipinski definition) is 0. The fourth-order valence-electron chi connectivity index (χ4n) is 3.88. The molecule has 5 heteroatoms. The van der Waals surface area contributed by atoms with Gasteiger partial charge in [0.15, 0.2) is 17.3 Å². The number of oxazole rings is 1. The second kappa shape index (κ2) is 5.30. The summed E-state index contributed by atoms with van der Waals surface area (Å²) in [5.41, 5.74) is 2.15. The van der Waals surface area contributed by atoms with Gasteiger partial charge in [-0.25, -0.2) is 4.98 Å². The van der Waals surface area contributed by atoms with Crippen molar-refractivity contribution < 1.29 is 13.4 Å². The first-order valence-electron chi connectivity index (χ1n) is 7.92. The van der Waals surface area contributed by atoms with E-state index in [-0.39, 0.29) is 22.2 Å². The summed E-state index contributed by atoms with van der Waals surface area (Å²) in [6.45, 7) is 1.80. The fraction of sp³-hybridized carbons (Fsp3) is 0.529. The SMILES string of the molecule is Cc1nc2ccc(C(=O)C3CC4CCCC(C3)S4=O)cc2o1. The van der Waals surface area contributed by atoms with E-state index >= 15 is 0 Å². The van der Waals surface area contributed by atoms with Crippen LogP contribution >= 0.6 is 0 Å². The summed E-state index contributed by atoms with van der Waals surface area (Å²) in [6.07, 6.45) is 4.72. The van der Waals surface area contributed by atoms with Crippen molar-refractivity contribution in [3.05, 3.63) is 29.7 Å². The molecule has 0 radical (unpaired) electrons. The minimum Gasteiger partial charge on any atom is -0.441 e. The molecule has 0 aliphatic carbocycles. The number of hydrogen-bond acceptors (Lipinski definition) is 4. The van der Waals surface area contributed by atoms with Crippen molar-refractivity contribution in [2.45, 2.75) is 49.5 Å². The van der Waals surface area contributed by atoms with Crippen LogP contribution in [0.2, 0.25) is 0 Å². The molecule has 0 spiro atoms. The van der Waals surface area contributed by atoms with E-state index in [1.165, 1.54) is 0 Å². The Morgan fingerprint density at radius 3 is 2.73 bits per heavy atom. The average molecular weight is 317 g/mol. The number of ketones is 1. The minimum absolute atomic E-state index is 0.00877. The van der Waals surface area contributed by atoms with Crippen LogP contribution in [0.4, 0.5) is 0 Å². The van der Waals surface area contributed by atoms with Gasteiger partial charge in [-0.3, -0.25) is 9.00 Å². The lowest BCUT2D eigenvalue weighted by atomic mass is 9.84. The van der Waals surface area contributed by atoms with Gasteiger partial charge in [-0.1, -0.05) is 6.42 Å². The maximum Gasteiger partial charge on any atom is 0.192 e. The van der Waals surface area contributed by atoms with Crippen LogP contribution in [-0.2, 0) is 10.8 Å². The lowest BCUT2D eigenvalue weighted by molar-refractivity contribution is 0.0895. The Hall–Kier alpha value is -1.49. The molecule has 2 aromatic rings. The highest BCUT2D eigenvalue weighted by atomic mass is 32.2. The van der Waals surface area contributed by atoms with E-state index in [4.69, 9.17) is 4.42 Å². The largest absolute Gasteiger partial charge is 0.441 e. The van der Waals surface area contributed by atoms with Crippen LogP contribution in [0.15, 0.2) is 22.6 Å². The summed E-state index contributed by atoms with van der Waals surface area (Å²) < 4.78 is 17.8. The van der Waals surface area contributed by atoms with E-state index < -0.39 is 10.8 Å². The number of nitrogens with zero attached hydrogens (tertiary/aromatic N) is 1. The molecular formula is C17H19NO3S. The summed E-state index contributed by atoms with van der Waals surface area (Å²) in [5.74, 6) is 0.793. The Morgan fingerprint density at radius 1 is 1.27 bits per heavy atom. The van der Waals surface area contributed by atoms with E-state index in [9.17, 15) is 9.00 Å². The Balaban J connectivity index is 1.61. The lowest BCUT2D eigenvalue weighted by Crippen LogP contribution is -2.41. The van der Waals surface area contributed by atoms with Crippen molar-refractivity contribution in [2.75, 3.05) is 0 Å². The number of fused-ring (bicyclic) bond motifs is 3. The zero-order chi connectivity index (χ0) is 15.3. The van der Waals surface area contributed by atoms with Gasteiger partial charge >= 0.3 is 0 Å². The Morgan fingerprint density at radius 2 is 2.00 bits per heavy atom. The molecule has 22 heavy (non-hydrogen) atoms. The van der Waals surface area contributed by atoms with Crippen LogP contribution in [0, 0.1) is 12.8 Å². The van der Waals surface area contributed by atoms with Crippen LogP contribution in [0.5, 0.6) is 0 Å². The molecule has 1 aromatic heterocycles. The topological polar surface area (TPSA) is 60.2 Å². The van der Waals surface area contributed by atoms with Crippen molar-refractivity contribution in [2.24, 2.45) is 5.92 Å². The molecule has 0 saturated carbocycles. The smallest absolute Gasteiger partial charge is 0.192 e. The first kappa shape index (κ1) is 14.1. The monoisotopic (exact) mass is 317 g/mol. The summed E-state index contributed by atoms with van der Waals surface area (Å²) in [5, 5.41) is 0.440. The van der Waals surface area contributed by atoms with Crippen molar-refractivity contribution in [1.82, 2.24) is 4.98 Å². The van der Waals surface area contributed by atoms with Gasteiger partial charge < -0.3 is 4.42 Å². The average Bonchev–Trinajstić information content (AvgIpc) is 2.85. The van der Waals surface area contributed by atoms with Gasteiger partial charge in [0.05, 0.1) is 0 Å². The van der Waals surface area contributed by atoms with E-state index in [0.29, 0.717) is 17.0 Å². The first-order chi connectivity index (χ1) is 10.6. The zero-order valence-corrected chi connectivity index (χ0v) is 13.4. The maximum atomic E-state index is 12.8. The second-order valence-electron chi connectivity index (χ2n) is 6.45. The van der Waals surface area contributed by atoms with Gasteiger partial charge in [0.25, 0.3) is 0 Å². The lowest BCUT2D eigenvalue weighted by Gasteiger charge is -2.37. The molecule has 2 saturated heterocycles. The van der Waals surface area contributed by atoms with Crippen LogP contribution in [0.1, 0.15) is 48.4 Å². The van der Waals surface area contributed by atoms with Gasteiger partial charge in [-0.15, -0.1) is 0 Å². The first-order valence-corrected chi connectivity index (χ1v) is 9.20. The van der Waals surface area contributed by atoms with Gasteiger partial charge in [0, 0.05) is 39.7 Å². The number of carbonyl (C=O) groups excluding carboxylic acids is 1. The molecule has 116 valence electrons. The highest BCUT2D eigenvalue weighted by Crippen LogP contribution is 2.38. The maximum absolute atomic E-state index is 12.8. The number of aromatic nitrogens is 1. The summed E-state index contributed by atoms with van der Waals surface area (Å²) >= 11 is 0. The zero-order valence-electron chi connectivity index (χ0n) is 12.6. The molecule has 1 aromatic carbocycles. The second-order valence-corrected chi connectivity index (χ2v) is 8.44. The predicted molar refractivity (Wildman–Crippen MR) is 85.4 cm³/mol. The van der Waals surface area contributed by atoms with E-state index in [2.05, 4.69) is 4.98 Å². The summed E-state index contributed by atoms with van der Waals surface area (Å²) in [4.78, 5) is 17.1. The van der Waals surface area contributed by atoms with E-state index in [1.54, 1.807) is 13.0 Å². The molecule has 2 bridgehead atoms. The molecule has 3 heterocycles. The van der Waals surface area contributed by atoms with Crippen LogP contribution < -0.4 is 0 Å². The number of benzene rings is 1. The predicted octanol–water partition coefficient (Wildman–Crippen LogP) is 3.40. The molecule has 4 nitrogen and oxygen atoms in total. The molecular weight excluding hydrogens is 298 g/mol. The van der Waals surface area contributed by atoms with Crippen LogP contribution in [-0.4, -0.2) is 25.5 Å². The van der Waals surface area contributed by atoms with Crippen LogP contribution in [0.3, 0.4) is 0 Å². The molecule has 4 rings (SSSR count). The standard InChI is InChI=1S/C17H19NO3S/c1-10-18-15-6-5-11(9-16(15)21-10)17(19)12-7-13-3-2-4-14(8-12)22(13)20/h5-6,9,12-14H,2-4,7-8H2,1H3. The molecule has 0 N–H and O–H groups in total. The molecule has 2 aliphatic heterocycles. The van der Waals surface area contributed by atoms with Crippen molar-refractivity contribution in [3.63, 3.8) is 0 Å². The highest BCUT2D eigenvalue weighted by Gasteiger charge is 2.40. The van der Waals surface area contributed by atoms with E-state index in [1.807, 2.05) is 12.1 Å². The molecule has 2 atom stereocenters. The van der Waals surface area contributed by atoms with Gasteiger partial charge in [-0.05, 0) is 43.9 Å². The summed E-state index contributed by atoms with van der Waals surface area (Å²) in [6, 6.07) is 5.49. The normalized spacial score (nSPS) is 31.3. The third kappa shape index (κ3) is 2.32. The van der Waals surface area contributed by atoms with Crippen LogP contribution in [0.25, 0.3) is 11.1 Å². The molecule has 2 unspecified atom stereocenters. The molecule has 2 aliphatic rings. The number of rotatable bonds is 2. The fourth-order valence-corrected chi connectivity index (χ4v) is 6.06. The quantitative estimate of drug-likeness (QED) is 0.797. The third-order valence-electron chi connectivity index (χ3n) is 4.95. The summed E-state index contributed by atoms with van der Waals surface area (Å²) in [7, 11) is -0.729. The Labute approximate surface area is 131 Å². The van der Waals surface area contributed by atoms with Gasteiger partial charge in [0.2, 0.25) is 0 Å². The third-order valence-corrected chi connectivity index (χ3v) is 7.13. The molecule has 2 fully saturated rings. The molecule has 0 amide bonds. The van der Waals surface area contributed by atoms with E-state index in [0.717, 1.165) is 37.6 Å². The van der Waals surface area contributed by atoms with Crippen molar-refractivity contribution in [1.29, 1.82) is 0 Å². The minimum atomic E-state index is -0.729.